The quantitative estimate of drug-likeness (QED) is 0.620. The number of nitro benzene ring substituents is 1. The molecule has 0 bridgehead atoms. The SMILES string of the molecule is CC(NC(=O)COc1ccccc1[N+](=O)[O-])c1cccc(C(F)(F)F)c1. The van der Waals surface area contributed by atoms with Gasteiger partial charge < -0.3 is 10.1 Å². The number of hydrogen-bond acceptors (Lipinski definition) is 4. The molecule has 26 heavy (non-hydrogen) atoms. The number of carbonyl (C=O) groups excluding carboxylic acids is 1. The molecule has 2 aromatic carbocycles. The molecule has 6 nitrogen and oxygen atoms in total. The average molecular weight is 368 g/mol. The van der Waals surface area contributed by atoms with E-state index >= 15 is 0 Å². The maximum absolute atomic E-state index is 12.7. The van der Waals surface area contributed by atoms with Crippen LogP contribution in [0.2, 0.25) is 0 Å². The molecular weight excluding hydrogens is 353 g/mol. The van der Waals surface area contributed by atoms with E-state index in [1.165, 1.54) is 43.3 Å². The number of ether oxygens (including phenoxy) is 1. The Morgan fingerprint density at radius 3 is 2.58 bits per heavy atom. The third-order valence-electron chi connectivity index (χ3n) is 3.51. The van der Waals surface area contributed by atoms with Crippen LogP contribution in [-0.2, 0) is 11.0 Å². The molecule has 138 valence electrons. The van der Waals surface area contributed by atoms with Crippen molar-refractivity contribution >= 4 is 11.6 Å². The minimum absolute atomic E-state index is 0.0700. The van der Waals surface area contributed by atoms with Crippen LogP contribution in [0.4, 0.5) is 18.9 Å². The lowest BCUT2D eigenvalue weighted by molar-refractivity contribution is -0.385. The molecule has 1 N–H and O–H groups in total. The predicted octanol–water partition coefficient (Wildman–Crippen LogP) is 3.87. The summed E-state index contributed by atoms with van der Waals surface area (Å²) >= 11 is 0. The average Bonchev–Trinajstić information content (AvgIpc) is 2.59. The van der Waals surface area contributed by atoms with E-state index in [-0.39, 0.29) is 17.0 Å². The zero-order valence-electron chi connectivity index (χ0n) is 13.6. The Morgan fingerprint density at radius 2 is 1.92 bits per heavy atom. The molecule has 0 radical (unpaired) electrons. The van der Waals surface area contributed by atoms with Crippen LogP contribution in [0, 0.1) is 10.1 Å². The van der Waals surface area contributed by atoms with Crippen LogP contribution >= 0.6 is 0 Å². The summed E-state index contributed by atoms with van der Waals surface area (Å²) in [7, 11) is 0. The molecule has 2 rings (SSSR count). The number of nitro groups is 1. The number of carbonyl (C=O) groups is 1. The molecule has 0 fully saturated rings. The molecule has 0 heterocycles. The number of nitrogens with zero attached hydrogens (tertiary/aromatic N) is 1. The van der Waals surface area contributed by atoms with Gasteiger partial charge in [-0.15, -0.1) is 0 Å². The monoisotopic (exact) mass is 368 g/mol. The second-order valence-corrected chi connectivity index (χ2v) is 5.43. The number of alkyl halides is 3. The first-order valence-electron chi connectivity index (χ1n) is 7.51. The Bertz CT molecular complexity index is 809. The summed E-state index contributed by atoms with van der Waals surface area (Å²) in [6, 6.07) is 9.48. The van der Waals surface area contributed by atoms with Gasteiger partial charge in [-0.25, -0.2) is 0 Å². The van der Waals surface area contributed by atoms with Crippen molar-refractivity contribution in [3.63, 3.8) is 0 Å². The molecule has 0 saturated carbocycles. The molecule has 1 unspecified atom stereocenters. The fourth-order valence-corrected chi connectivity index (χ4v) is 2.22. The summed E-state index contributed by atoms with van der Waals surface area (Å²) in [4.78, 5) is 22.2. The third-order valence-corrected chi connectivity index (χ3v) is 3.51. The molecular formula is C17H15F3N2O4. The van der Waals surface area contributed by atoms with E-state index in [0.29, 0.717) is 0 Å². The number of rotatable bonds is 6. The van der Waals surface area contributed by atoms with Crippen LogP contribution in [0.3, 0.4) is 0 Å². The number of benzene rings is 2. The van der Waals surface area contributed by atoms with Crippen LogP contribution in [0.25, 0.3) is 0 Å². The molecule has 0 aromatic heterocycles. The molecule has 1 atom stereocenters. The third kappa shape index (κ3) is 4.95. The van der Waals surface area contributed by atoms with Gasteiger partial charge in [0.15, 0.2) is 12.4 Å². The van der Waals surface area contributed by atoms with E-state index in [2.05, 4.69) is 5.32 Å². The van der Waals surface area contributed by atoms with E-state index in [4.69, 9.17) is 4.74 Å². The van der Waals surface area contributed by atoms with E-state index in [9.17, 15) is 28.1 Å². The smallest absolute Gasteiger partial charge is 0.416 e. The highest BCUT2D eigenvalue weighted by Crippen LogP contribution is 2.30. The summed E-state index contributed by atoms with van der Waals surface area (Å²) in [6.07, 6.45) is -4.48. The van der Waals surface area contributed by atoms with Crippen molar-refractivity contribution in [3.8, 4) is 5.75 Å². The molecule has 9 heteroatoms. The van der Waals surface area contributed by atoms with Crippen LogP contribution in [0.15, 0.2) is 48.5 Å². The highest BCUT2D eigenvalue weighted by atomic mass is 19.4. The first-order chi connectivity index (χ1) is 12.2. The molecule has 0 spiro atoms. The normalized spacial score (nSPS) is 12.3. The highest BCUT2D eigenvalue weighted by Gasteiger charge is 2.30. The number of hydrogen-bond donors (Lipinski definition) is 1. The number of para-hydroxylation sites is 2. The van der Waals surface area contributed by atoms with Gasteiger partial charge in [-0.3, -0.25) is 14.9 Å². The van der Waals surface area contributed by atoms with Crippen molar-refractivity contribution in [2.45, 2.75) is 19.1 Å². The lowest BCUT2D eigenvalue weighted by atomic mass is 10.0. The van der Waals surface area contributed by atoms with E-state index in [0.717, 1.165) is 12.1 Å². The summed E-state index contributed by atoms with van der Waals surface area (Å²) in [5.41, 5.74) is -0.822. The molecule has 0 aliphatic heterocycles. The van der Waals surface area contributed by atoms with Gasteiger partial charge >= 0.3 is 11.9 Å². The van der Waals surface area contributed by atoms with Crippen LogP contribution in [0.1, 0.15) is 24.1 Å². The fraction of sp³-hybridized carbons (Fsp3) is 0.235. The van der Waals surface area contributed by atoms with Gasteiger partial charge in [-0.1, -0.05) is 24.3 Å². The van der Waals surface area contributed by atoms with Gasteiger partial charge in [0, 0.05) is 6.07 Å². The predicted molar refractivity (Wildman–Crippen MR) is 86.6 cm³/mol. The molecule has 1 amide bonds. The number of nitrogens with one attached hydrogen (secondary N) is 1. The standard InChI is InChI=1S/C17H15F3N2O4/c1-11(12-5-4-6-13(9-12)17(18,19)20)21-16(23)10-26-15-8-3-2-7-14(15)22(24)25/h2-9,11H,10H2,1H3,(H,21,23). The van der Waals surface area contributed by atoms with Crippen molar-refractivity contribution in [2.75, 3.05) is 6.61 Å². The van der Waals surface area contributed by atoms with E-state index in [1.807, 2.05) is 0 Å². The Morgan fingerprint density at radius 1 is 1.23 bits per heavy atom. The van der Waals surface area contributed by atoms with Crippen molar-refractivity contribution in [2.24, 2.45) is 0 Å². The Hall–Kier alpha value is -3.10. The Kier molecular flexibility index (Phi) is 5.81. The Balaban J connectivity index is 1.99. The fourth-order valence-electron chi connectivity index (χ4n) is 2.22. The van der Waals surface area contributed by atoms with Crippen LogP contribution in [0.5, 0.6) is 5.75 Å². The van der Waals surface area contributed by atoms with Gasteiger partial charge in [-0.2, -0.15) is 13.2 Å². The largest absolute Gasteiger partial charge is 0.477 e. The maximum Gasteiger partial charge on any atom is 0.416 e. The minimum atomic E-state index is -4.48. The first kappa shape index (κ1) is 19.2. The van der Waals surface area contributed by atoms with Crippen LogP contribution < -0.4 is 10.1 Å². The van der Waals surface area contributed by atoms with E-state index in [1.54, 1.807) is 0 Å². The highest BCUT2D eigenvalue weighted by molar-refractivity contribution is 5.78. The summed E-state index contributed by atoms with van der Waals surface area (Å²) in [5.74, 6) is -0.688. The van der Waals surface area contributed by atoms with Crippen molar-refractivity contribution in [1.82, 2.24) is 5.32 Å². The number of amides is 1. The minimum Gasteiger partial charge on any atom is -0.477 e. The zero-order chi connectivity index (χ0) is 19.3. The molecule has 2 aromatic rings. The lowest BCUT2D eigenvalue weighted by Gasteiger charge is -2.16. The molecule has 0 aliphatic rings. The van der Waals surface area contributed by atoms with Crippen molar-refractivity contribution in [3.05, 3.63) is 69.8 Å². The topological polar surface area (TPSA) is 81.5 Å². The van der Waals surface area contributed by atoms with Crippen LogP contribution in [-0.4, -0.2) is 17.4 Å². The molecule has 0 aliphatic carbocycles. The summed E-state index contributed by atoms with van der Waals surface area (Å²) < 4.78 is 43.4. The number of halogens is 3. The lowest BCUT2D eigenvalue weighted by Crippen LogP contribution is -2.31. The summed E-state index contributed by atoms with van der Waals surface area (Å²) in [5, 5.41) is 13.4. The Labute approximate surface area is 146 Å². The van der Waals surface area contributed by atoms with Gasteiger partial charge in [-0.05, 0) is 30.7 Å². The second-order valence-electron chi connectivity index (χ2n) is 5.43. The van der Waals surface area contributed by atoms with E-state index < -0.39 is 35.2 Å². The molecule has 0 saturated heterocycles. The first-order valence-corrected chi connectivity index (χ1v) is 7.51. The van der Waals surface area contributed by atoms with Gasteiger partial charge in [0.1, 0.15) is 0 Å². The van der Waals surface area contributed by atoms with Crippen molar-refractivity contribution < 1.29 is 27.6 Å². The van der Waals surface area contributed by atoms with Gasteiger partial charge in [0.25, 0.3) is 5.91 Å². The van der Waals surface area contributed by atoms with Gasteiger partial charge in [0.05, 0.1) is 16.5 Å². The van der Waals surface area contributed by atoms with Crippen molar-refractivity contribution in [1.29, 1.82) is 0 Å². The summed E-state index contributed by atoms with van der Waals surface area (Å²) in [6.45, 7) is 1.02. The second kappa shape index (κ2) is 7.85. The zero-order valence-corrected chi connectivity index (χ0v) is 13.6. The maximum atomic E-state index is 12.7. The van der Waals surface area contributed by atoms with Gasteiger partial charge in [0.2, 0.25) is 0 Å².